The first-order valence-electron chi connectivity index (χ1n) is 9.36. The van der Waals surface area contributed by atoms with E-state index in [9.17, 15) is 0 Å². The van der Waals surface area contributed by atoms with Gasteiger partial charge in [0.25, 0.3) is 0 Å². The number of hydrogen-bond acceptors (Lipinski definition) is 8. The van der Waals surface area contributed by atoms with Crippen molar-refractivity contribution in [3.8, 4) is 0 Å². The van der Waals surface area contributed by atoms with Crippen molar-refractivity contribution in [2.45, 2.75) is 38.0 Å². The normalized spacial score (nSPS) is 19.4. The molecule has 2 aliphatic rings. The van der Waals surface area contributed by atoms with Gasteiger partial charge in [0.05, 0.1) is 6.33 Å². The summed E-state index contributed by atoms with van der Waals surface area (Å²) < 4.78 is 0. The fraction of sp³-hybridized carbons (Fsp3) is 0.588. The zero-order valence-corrected chi connectivity index (χ0v) is 15.5. The molecule has 4 heterocycles. The Kier molecular flexibility index (Phi) is 4.16. The Morgan fingerprint density at radius 2 is 1.73 bits per heavy atom. The number of aromatic nitrogens is 6. The van der Waals surface area contributed by atoms with E-state index in [4.69, 9.17) is 0 Å². The third-order valence-electron chi connectivity index (χ3n) is 5.44. The maximum absolute atomic E-state index is 4.51. The fourth-order valence-corrected chi connectivity index (χ4v) is 5.03. The molecule has 0 unspecified atom stereocenters. The van der Waals surface area contributed by atoms with E-state index in [2.05, 4.69) is 39.9 Å². The molecule has 8 nitrogen and oxygen atoms in total. The molecule has 3 aromatic rings. The molecule has 1 aliphatic heterocycles. The van der Waals surface area contributed by atoms with Crippen molar-refractivity contribution in [1.29, 1.82) is 0 Å². The van der Waals surface area contributed by atoms with Gasteiger partial charge in [-0.25, -0.2) is 15.0 Å². The van der Waals surface area contributed by atoms with Crippen LogP contribution in [0.3, 0.4) is 0 Å². The fourth-order valence-electron chi connectivity index (χ4n) is 3.97. The molecule has 1 aliphatic carbocycles. The molecular weight excluding hydrogens is 348 g/mol. The minimum absolute atomic E-state index is 0.631. The summed E-state index contributed by atoms with van der Waals surface area (Å²) >= 11 is 1.79. The average Bonchev–Trinajstić information content (AvgIpc) is 3.38. The monoisotopic (exact) mass is 370 g/mol. The lowest BCUT2D eigenvalue weighted by Gasteiger charge is -2.35. The summed E-state index contributed by atoms with van der Waals surface area (Å²) in [5.74, 6) is 1.57. The van der Waals surface area contributed by atoms with E-state index in [0.29, 0.717) is 5.92 Å². The smallest absolute Gasteiger partial charge is 0.208 e. The Morgan fingerprint density at radius 3 is 2.58 bits per heavy atom. The molecule has 26 heavy (non-hydrogen) atoms. The number of hydrogen-bond donors (Lipinski definition) is 1. The van der Waals surface area contributed by atoms with Crippen molar-refractivity contribution in [3.05, 3.63) is 17.7 Å². The molecule has 0 bridgehead atoms. The molecular formula is C17H22N8S. The minimum Gasteiger partial charge on any atom is -0.351 e. The highest BCUT2D eigenvalue weighted by atomic mass is 32.1. The SMILES string of the molecule is c1nc(N2CCN(c3nnc(C4CCCCC4)s3)CC2)c2[nH]cnc2n1. The van der Waals surface area contributed by atoms with Gasteiger partial charge in [0.1, 0.15) is 16.9 Å². The van der Waals surface area contributed by atoms with Crippen LogP contribution >= 0.6 is 11.3 Å². The van der Waals surface area contributed by atoms with Gasteiger partial charge in [0.15, 0.2) is 11.5 Å². The third-order valence-corrected chi connectivity index (χ3v) is 6.58. The quantitative estimate of drug-likeness (QED) is 0.758. The van der Waals surface area contributed by atoms with E-state index >= 15 is 0 Å². The summed E-state index contributed by atoms with van der Waals surface area (Å²) in [5.41, 5.74) is 1.63. The number of H-pyrrole nitrogens is 1. The second-order valence-corrected chi connectivity index (χ2v) is 8.02. The zero-order valence-electron chi connectivity index (χ0n) is 14.6. The van der Waals surface area contributed by atoms with Crippen LogP contribution in [-0.4, -0.2) is 56.3 Å². The number of aromatic amines is 1. The summed E-state index contributed by atoms with van der Waals surface area (Å²) in [6.07, 6.45) is 9.85. The standard InChI is InChI=1S/C17H22N8S/c1-2-4-12(5-3-1)16-22-23-17(26-16)25-8-6-24(7-9-25)15-13-14(19-10-18-13)20-11-21-15/h10-12H,1-9H2,(H,18,19,20,21). The molecule has 0 aromatic carbocycles. The molecule has 1 saturated heterocycles. The van der Waals surface area contributed by atoms with Crippen LogP contribution in [0.2, 0.25) is 0 Å². The first kappa shape index (κ1) is 15.9. The van der Waals surface area contributed by atoms with Crippen molar-refractivity contribution in [2.75, 3.05) is 36.0 Å². The van der Waals surface area contributed by atoms with Crippen molar-refractivity contribution >= 4 is 33.5 Å². The maximum Gasteiger partial charge on any atom is 0.208 e. The molecule has 1 saturated carbocycles. The zero-order chi connectivity index (χ0) is 17.3. The number of fused-ring (bicyclic) bond motifs is 1. The summed E-state index contributed by atoms with van der Waals surface area (Å²) in [7, 11) is 0. The second-order valence-electron chi connectivity index (χ2n) is 7.03. The molecule has 0 amide bonds. The number of imidazole rings is 1. The Labute approximate surface area is 155 Å². The van der Waals surface area contributed by atoms with Gasteiger partial charge in [0, 0.05) is 32.1 Å². The first-order chi connectivity index (χ1) is 12.9. The van der Waals surface area contributed by atoms with E-state index < -0.39 is 0 Å². The molecule has 9 heteroatoms. The third kappa shape index (κ3) is 2.90. The summed E-state index contributed by atoms with van der Waals surface area (Å²) in [6.45, 7) is 3.67. The molecule has 1 N–H and O–H groups in total. The van der Waals surface area contributed by atoms with E-state index in [0.717, 1.165) is 48.3 Å². The highest BCUT2D eigenvalue weighted by Crippen LogP contribution is 2.36. The van der Waals surface area contributed by atoms with E-state index in [1.54, 1.807) is 24.0 Å². The van der Waals surface area contributed by atoms with Crippen LogP contribution < -0.4 is 9.80 Å². The predicted octanol–water partition coefficient (Wildman–Crippen LogP) is 2.58. The van der Waals surface area contributed by atoms with Gasteiger partial charge in [-0.3, -0.25) is 0 Å². The van der Waals surface area contributed by atoms with Crippen LogP contribution in [0.5, 0.6) is 0 Å². The van der Waals surface area contributed by atoms with Crippen molar-refractivity contribution < 1.29 is 0 Å². The Morgan fingerprint density at radius 1 is 0.923 bits per heavy atom. The molecule has 136 valence electrons. The van der Waals surface area contributed by atoms with Crippen LogP contribution in [0.1, 0.15) is 43.0 Å². The van der Waals surface area contributed by atoms with Crippen LogP contribution in [0.25, 0.3) is 11.2 Å². The van der Waals surface area contributed by atoms with Crippen LogP contribution in [0, 0.1) is 0 Å². The average molecular weight is 370 g/mol. The van der Waals surface area contributed by atoms with Gasteiger partial charge < -0.3 is 14.8 Å². The van der Waals surface area contributed by atoms with Crippen LogP contribution in [0.15, 0.2) is 12.7 Å². The number of anilines is 2. The van der Waals surface area contributed by atoms with Gasteiger partial charge in [-0.05, 0) is 12.8 Å². The lowest BCUT2D eigenvalue weighted by molar-refractivity contribution is 0.440. The Bertz CT molecular complexity index is 876. The molecule has 2 fully saturated rings. The van der Waals surface area contributed by atoms with Crippen LogP contribution in [0.4, 0.5) is 10.9 Å². The molecule has 5 rings (SSSR count). The van der Waals surface area contributed by atoms with Crippen molar-refractivity contribution in [3.63, 3.8) is 0 Å². The largest absolute Gasteiger partial charge is 0.351 e. The van der Waals surface area contributed by atoms with Crippen molar-refractivity contribution in [1.82, 2.24) is 30.1 Å². The van der Waals surface area contributed by atoms with Gasteiger partial charge in [-0.1, -0.05) is 30.6 Å². The minimum atomic E-state index is 0.631. The van der Waals surface area contributed by atoms with Gasteiger partial charge in [-0.2, -0.15) is 0 Å². The molecule has 0 spiro atoms. The van der Waals surface area contributed by atoms with E-state index in [-0.39, 0.29) is 0 Å². The Balaban J connectivity index is 1.27. The first-order valence-corrected chi connectivity index (χ1v) is 10.2. The van der Waals surface area contributed by atoms with Gasteiger partial charge in [0.2, 0.25) is 5.13 Å². The van der Waals surface area contributed by atoms with E-state index in [1.165, 1.54) is 37.1 Å². The summed E-state index contributed by atoms with van der Waals surface area (Å²) in [4.78, 5) is 20.7. The second kappa shape index (κ2) is 6.79. The van der Waals surface area contributed by atoms with Gasteiger partial charge in [-0.15, -0.1) is 10.2 Å². The maximum atomic E-state index is 4.51. The molecule has 3 aromatic heterocycles. The molecule has 0 atom stereocenters. The number of nitrogens with zero attached hydrogens (tertiary/aromatic N) is 7. The summed E-state index contributed by atoms with van der Waals surface area (Å²) in [5, 5.41) is 11.3. The Hall–Kier alpha value is -2.29. The van der Waals surface area contributed by atoms with Crippen molar-refractivity contribution in [2.24, 2.45) is 0 Å². The predicted molar refractivity (Wildman–Crippen MR) is 102 cm³/mol. The highest BCUT2D eigenvalue weighted by molar-refractivity contribution is 7.15. The summed E-state index contributed by atoms with van der Waals surface area (Å²) in [6, 6.07) is 0. The number of piperazine rings is 1. The molecule has 0 radical (unpaired) electrons. The lowest BCUT2D eigenvalue weighted by atomic mass is 9.90. The van der Waals surface area contributed by atoms with Gasteiger partial charge >= 0.3 is 0 Å². The lowest BCUT2D eigenvalue weighted by Crippen LogP contribution is -2.47. The number of rotatable bonds is 3. The highest BCUT2D eigenvalue weighted by Gasteiger charge is 2.25. The number of nitrogens with one attached hydrogen (secondary N) is 1. The topological polar surface area (TPSA) is 86.7 Å². The van der Waals surface area contributed by atoms with Crippen LogP contribution in [-0.2, 0) is 0 Å². The van der Waals surface area contributed by atoms with E-state index in [1.807, 2.05) is 0 Å².